The van der Waals surface area contributed by atoms with Crippen LogP contribution in [0.5, 0.6) is 0 Å². The van der Waals surface area contributed by atoms with Crippen molar-refractivity contribution in [2.24, 2.45) is 17.3 Å². The molecule has 55 heavy (non-hydrogen) atoms. The van der Waals surface area contributed by atoms with Crippen molar-refractivity contribution in [3.05, 3.63) is 83.9 Å². The van der Waals surface area contributed by atoms with Crippen LogP contribution in [0.1, 0.15) is 91.2 Å². The van der Waals surface area contributed by atoms with Crippen LogP contribution < -0.4 is 10.6 Å². The number of nitrogens with one attached hydrogen (secondary N) is 2. The molecule has 4 amide bonds. The zero-order valence-corrected chi connectivity index (χ0v) is 33.3. The molecule has 7 rings (SSSR count). The number of ether oxygens (including phenoxy) is 4. The van der Waals surface area contributed by atoms with Gasteiger partial charge in [-0.05, 0) is 96.6 Å². The second kappa shape index (κ2) is 15.4. The summed E-state index contributed by atoms with van der Waals surface area (Å²) in [6.07, 6.45) is 4.35. The summed E-state index contributed by atoms with van der Waals surface area (Å²) in [6, 6.07) is 19.3. The summed E-state index contributed by atoms with van der Waals surface area (Å²) in [5, 5.41) is 6.18. The first kappa shape index (κ1) is 39.9. The van der Waals surface area contributed by atoms with Gasteiger partial charge in [-0.1, -0.05) is 72.8 Å². The van der Waals surface area contributed by atoms with Crippen molar-refractivity contribution in [3.63, 3.8) is 0 Å². The Bertz CT molecular complexity index is 1730. The van der Waals surface area contributed by atoms with E-state index in [0.717, 1.165) is 36.0 Å². The third-order valence-corrected chi connectivity index (χ3v) is 11.2. The topological polar surface area (TPSA) is 136 Å². The molecule has 0 aromatic heterocycles. The van der Waals surface area contributed by atoms with Gasteiger partial charge in [0.25, 0.3) is 0 Å². The van der Waals surface area contributed by atoms with E-state index in [1.165, 1.54) is 12.8 Å². The Morgan fingerprint density at radius 2 is 1.16 bits per heavy atom. The summed E-state index contributed by atoms with van der Waals surface area (Å²) in [5.41, 5.74) is 1.33. The fourth-order valence-electron chi connectivity index (χ4n) is 8.84. The highest BCUT2D eigenvalue weighted by Crippen LogP contribution is 2.64. The summed E-state index contributed by atoms with van der Waals surface area (Å²) >= 11 is 0. The molecular formula is C43H58N4O8. The standard InChI is InChI=1S/C22H30N2O4.C21H28N2O4/c1-20(2,3)28-18(25)23-22-14-21(9-10-21)11-17(22)12-24(15-22)19(26)27-13-16-7-5-4-6-8-16;1-15-10-17-12-23(19(25)26-13-16-8-6-5-7-9-16)14-21(17,11-15)22-18(24)27-20(2,3)4/h4-8,17H,9-15H2,1-3H3,(H,23,25);5-9,17H,1,10-14H2,2-4H3,(H,22,24)/t17-,22-;17-,21-/m11/s1. The van der Waals surface area contributed by atoms with Gasteiger partial charge in [0.1, 0.15) is 24.4 Å². The first-order valence-corrected chi connectivity index (χ1v) is 19.5. The number of nitrogens with zero attached hydrogens (tertiary/aromatic N) is 2. The molecule has 2 aromatic carbocycles. The van der Waals surface area contributed by atoms with E-state index < -0.39 is 34.5 Å². The zero-order valence-electron chi connectivity index (χ0n) is 33.3. The monoisotopic (exact) mass is 758 g/mol. The number of benzene rings is 2. The molecule has 5 fully saturated rings. The molecular weight excluding hydrogens is 700 g/mol. The average molecular weight is 759 g/mol. The van der Waals surface area contributed by atoms with Gasteiger partial charge in [-0.2, -0.15) is 0 Å². The molecule has 12 heteroatoms. The van der Waals surface area contributed by atoms with Gasteiger partial charge in [0.2, 0.25) is 0 Å². The lowest BCUT2D eigenvalue weighted by molar-refractivity contribution is 0.0429. The lowest BCUT2D eigenvalue weighted by atomic mass is 9.90. The lowest BCUT2D eigenvalue weighted by Gasteiger charge is -2.32. The molecule has 0 bridgehead atoms. The highest BCUT2D eigenvalue weighted by Gasteiger charge is 2.64. The quantitative estimate of drug-likeness (QED) is 0.224. The van der Waals surface area contributed by atoms with E-state index in [1.807, 2.05) is 102 Å². The number of rotatable bonds is 6. The van der Waals surface area contributed by atoms with E-state index in [2.05, 4.69) is 17.2 Å². The van der Waals surface area contributed by atoms with Crippen molar-refractivity contribution in [2.75, 3.05) is 26.2 Å². The minimum Gasteiger partial charge on any atom is -0.445 e. The van der Waals surface area contributed by atoms with E-state index >= 15 is 0 Å². The summed E-state index contributed by atoms with van der Waals surface area (Å²) in [7, 11) is 0. The average Bonchev–Trinajstić information content (AvgIpc) is 3.30. The maximum absolute atomic E-state index is 12.6. The Balaban J connectivity index is 0.000000187. The van der Waals surface area contributed by atoms with Crippen molar-refractivity contribution in [2.45, 2.75) is 116 Å². The van der Waals surface area contributed by atoms with Crippen LogP contribution in [0.25, 0.3) is 0 Å². The first-order chi connectivity index (χ1) is 25.9. The number of likely N-dealkylation sites (tertiary alicyclic amines) is 2. The fourth-order valence-corrected chi connectivity index (χ4v) is 8.84. The van der Waals surface area contributed by atoms with Crippen molar-refractivity contribution >= 4 is 24.4 Å². The number of carbonyl (C=O) groups is 4. The summed E-state index contributed by atoms with van der Waals surface area (Å²) in [4.78, 5) is 53.4. The van der Waals surface area contributed by atoms with Crippen molar-refractivity contribution in [1.82, 2.24) is 20.4 Å². The molecule has 12 nitrogen and oxygen atoms in total. The van der Waals surface area contributed by atoms with Crippen LogP contribution in [0.2, 0.25) is 0 Å². The Hall–Kier alpha value is -4.74. The molecule has 1 spiro atoms. The van der Waals surface area contributed by atoms with E-state index in [9.17, 15) is 19.2 Å². The van der Waals surface area contributed by atoms with Gasteiger partial charge in [-0.25, -0.2) is 19.2 Å². The van der Waals surface area contributed by atoms with E-state index in [-0.39, 0.29) is 37.2 Å². The predicted molar refractivity (Wildman–Crippen MR) is 207 cm³/mol. The van der Waals surface area contributed by atoms with Gasteiger partial charge in [0.15, 0.2) is 0 Å². The maximum Gasteiger partial charge on any atom is 0.410 e. The Morgan fingerprint density at radius 3 is 1.64 bits per heavy atom. The lowest BCUT2D eigenvalue weighted by Crippen LogP contribution is -2.53. The number of amides is 4. The molecule has 2 aromatic rings. The van der Waals surface area contributed by atoms with Gasteiger partial charge in [0.05, 0.1) is 11.1 Å². The molecule has 3 aliphatic carbocycles. The molecule has 298 valence electrons. The van der Waals surface area contributed by atoms with Crippen LogP contribution in [-0.2, 0) is 32.2 Å². The molecule has 0 radical (unpaired) electrons. The number of hydrogen-bond acceptors (Lipinski definition) is 8. The van der Waals surface area contributed by atoms with Gasteiger partial charge in [0, 0.05) is 38.0 Å². The molecule has 2 heterocycles. The Labute approximate surface area is 325 Å². The van der Waals surface area contributed by atoms with Gasteiger partial charge >= 0.3 is 24.4 Å². The second-order valence-corrected chi connectivity index (χ2v) is 18.3. The van der Waals surface area contributed by atoms with Crippen LogP contribution in [0.4, 0.5) is 19.2 Å². The largest absolute Gasteiger partial charge is 0.445 e. The number of alkyl carbamates (subject to hydrolysis) is 2. The van der Waals surface area contributed by atoms with Crippen LogP contribution in [0.3, 0.4) is 0 Å². The van der Waals surface area contributed by atoms with Gasteiger partial charge in [-0.15, -0.1) is 0 Å². The minimum absolute atomic E-state index is 0.127. The molecule has 2 saturated heterocycles. The van der Waals surface area contributed by atoms with E-state index in [4.69, 9.17) is 18.9 Å². The van der Waals surface area contributed by atoms with E-state index in [1.54, 1.807) is 9.80 Å². The zero-order chi connectivity index (χ0) is 39.6. The molecule has 2 aliphatic heterocycles. The van der Waals surface area contributed by atoms with Crippen molar-refractivity contribution in [3.8, 4) is 0 Å². The van der Waals surface area contributed by atoms with Crippen LogP contribution in [0.15, 0.2) is 72.8 Å². The third-order valence-electron chi connectivity index (χ3n) is 11.2. The van der Waals surface area contributed by atoms with Gasteiger partial charge < -0.3 is 39.4 Å². The molecule has 0 unspecified atom stereocenters. The molecule has 5 aliphatic rings. The predicted octanol–water partition coefficient (Wildman–Crippen LogP) is 7.96. The Kier molecular flexibility index (Phi) is 11.2. The normalized spacial score (nSPS) is 26.0. The van der Waals surface area contributed by atoms with Crippen LogP contribution in [0, 0.1) is 17.3 Å². The molecule has 2 N–H and O–H groups in total. The minimum atomic E-state index is -0.571. The summed E-state index contributed by atoms with van der Waals surface area (Å²) in [6.45, 7) is 17.7. The fraction of sp³-hybridized carbons (Fsp3) is 0.581. The summed E-state index contributed by atoms with van der Waals surface area (Å²) in [5.74, 6) is 0.383. The molecule has 4 atom stereocenters. The van der Waals surface area contributed by atoms with Crippen molar-refractivity contribution < 1.29 is 38.1 Å². The molecule has 3 saturated carbocycles. The van der Waals surface area contributed by atoms with E-state index in [0.29, 0.717) is 38.0 Å². The van der Waals surface area contributed by atoms with Gasteiger partial charge in [-0.3, -0.25) is 0 Å². The van der Waals surface area contributed by atoms with Crippen molar-refractivity contribution in [1.29, 1.82) is 0 Å². The first-order valence-electron chi connectivity index (χ1n) is 19.5. The van der Waals surface area contributed by atoms with Crippen LogP contribution in [-0.4, -0.2) is 82.6 Å². The Morgan fingerprint density at radius 1 is 0.709 bits per heavy atom. The third kappa shape index (κ3) is 10.1. The van der Waals surface area contributed by atoms with Crippen LogP contribution >= 0.6 is 0 Å². The highest BCUT2D eigenvalue weighted by molar-refractivity contribution is 5.72. The number of hydrogen-bond donors (Lipinski definition) is 2. The maximum atomic E-state index is 12.6. The second-order valence-electron chi connectivity index (χ2n) is 18.3. The number of fused-ring (bicyclic) bond motifs is 2. The highest BCUT2D eigenvalue weighted by atomic mass is 16.6. The summed E-state index contributed by atoms with van der Waals surface area (Å²) < 4.78 is 21.9. The SMILES string of the molecule is C=C1C[C@@H]2CN(C(=O)OCc3ccccc3)C[C@]2(NC(=O)OC(C)(C)C)C1.CC(C)(C)OC(=O)N[C@]12CN(C(=O)OCc3ccccc3)C[C@H]1CC1(CC1)C2. The smallest absolute Gasteiger partial charge is 0.410 e. The number of carbonyl (C=O) groups excluding carboxylic acids is 4.